The Kier molecular flexibility index (Phi) is 3.85. The minimum atomic E-state index is -0.155. The Hall–Kier alpha value is -1.71. The van der Waals surface area contributed by atoms with Crippen molar-refractivity contribution in [2.24, 2.45) is 0 Å². The second-order valence-corrected chi connectivity index (χ2v) is 4.31. The maximum Gasteiger partial charge on any atom is 0.271 e. The summed E-state index contributed by atoms with van der Waals surface area (Å²) < 4.78 is 0. The molecule has 0 spiro atoms. The van der Waals surface area contributed by atoms with E-state index in [1.54, 1.807) is 6.20 Å². The maximum atomic E-state index is 11.9. The van der Waals surface area contributed by atoms with Gasteiger partial charge in [-0.25, -0.2) is 4.98 Å². The second-order valence-electron chi connectivity index (χ2n) is 4.31. The van der Waals surface area contributed by atoms with Crippen molar-refractivity contribution in [2.45, 2.75) is 38.6 Å². The lowest BCUT2D eigenvalue weighted by atomic mass is 9.95. The zero-order valence-electron chi connectivity index (χ0n) is 10.0. The van der Waals surface area contributed by atoms with Crippen LogP contribution in [0, 0.1) is 0 Å². The summed E-state index contributed by atoms with van der Waals surface area (Å²) in [5.41, 5.74) is 1.70. The highest BCUT2D eigenvalue weighted by molar-refractivity contribution is 5.92. The zero-order valence-corrected chi connectivity index (χ0v) is 10.0. The zero-order chi connectivity index (χ0) is 12.1. The van der Waals surface area contributed by atoms with Crippen LogP contribution in [0.1, 0.15) is 43.1 Å². The molecule has 0 bridgehead atoms. The first-order valence-corrected chi connectivity index (χ1v) is 6.03. The molecule has 1 aromatic heterocycles. The summed E-state index contributed by atoms with van der Waals surface area (Å²) in [5.74, 6) is -0.155. The molecule has 0 aliphatic heterocycles. The molecule has 2 rings (SSSR count). The minimum absolute atomic E-state index is 0.0878. The van der Waals surface area contributed by atoms with Gasteiger partial charge in [-0.15, -0.1) is 0 Å². The van der Waals surface area contributed by atoms with Gasteiger partial charge in [-0.3, -0.25) is 9.78 Å². The lowest BCUT2D eigenvalue weighted by Gasteiger charge is -2.20. The lowest BCUT2D eigenvalue weighted by Crippen LogP contribution is -2.34. The Balaban J connectivity index is 1.97. The first-order valence-electron chi connectivity index (χ1n) is 6.03. The molecule has 0 radical (unpaired) electrons. The van der Waals surface area contributed by atoms with Crippen LogP contribution in [0.5, 0.6) is 0 Å². The van der Waals surface area contributed by atoms with Crippen LogP contribution in [-0.4, -0.2) is 21.9 Å². The largest absolute Gasteiger partial charge is 0.344 e. The second kappa shape index (κ2) is 5.57. The van der Waals surface area contributed by atoms with Crippen LogP contribution < -0.4 is 5.32 Å². The van der Waals surface area contributed by atoms with Gasteiger partial charge in [0.25, 0.3) is 5.91 Å². The molecule has 1 aliphatic rings. The number of rotatable bonds is 3. The normalized spacial score (nSPS) is 17.1. The quantitative estimate of drug-likeness (QED) is 0.810. The summed E-state index contributed by atoms with van der Waals surface area (Å²) in [6.45, 7) is 2.02. The van der Waals surface area contributed by atoms with Gasteiger partial charge < -0.3 is 5.32 Å². The van der Waals surface area contributed by atoms with Crippen LogP contribution in [0.15, 0.2) is 30.2 Å². The summed E-state index contributed by atoms with van der Waals surface area (Å²) in [6, 6.07) is 0.0878. The summed E-state index contributed by atoms with van der Waals surface area (Å²) in [7, 11) is 0. The van der Waals surface area contributed by atoms with Crippen LogP contribution in [0.3, 0.4) is 0 Å². The topological polar surface area (TPSA) is 54.9 Å². The van der Waals surface area contributed by atoms with Gasteiger partial charge in [0.2, 0.25) is 0 Å². The fourth-order valence-corrected chi connectivity index (χ4v) is 2.04. The van der Waals surface area contributed by atoms with Crippen molar-refractivity contribution in [1.82, 2.24) is 15.3 Å². The van der Waals surface area contributed by atoms with Crippen molar-refractivity contribution in [2.75, 3.05) is 0 Å². The highest BCUT2D eigenvalue weighted by atomic mass is 16.1. The van der Waals surface area contributed by atoms with E-state index in [1.807, 2.05) is 6.92 Å². The number of aromatic nitrogens is 2. The third-order valence-electron chi connectivity index (χ3n) is 3.03. The van der Waals surface area contributed by atoms with Gasteiger partial charge in [0.15, 0.2) is 0 Å². The van der Waals surface area contributed by atoms with E-state index in [0.29, 0.717) is 5.69 Å². The number of hydrogen-bond donors (Lipinski definition) is 1. The molecule has 1 aromatic rings. The van der Waals surface area contributed by atoms with E-state index >= 15 is 0 Å². The molecule has 1 heterocycles. The smallest absolute Gasteiger partial charge is 0.271 e. The van der Waals surface area contributed by atoms with Crippen molar-refractivity contribution in [3.63, 3.8) is 0 Å². The molecule has 4 heteroatoms. The Morgan fingerprint density at radius 3 is 2.94 bits per heavy atom. The Morgan fingerprint density at radius 1 is 1.41 bits per heavy atom. The monoisotopic (exact) mass is 231 g/mol. The number of nitrogens with zero attached hydrogens (tertiary/aromatic N) is 2. The van der Waals surface area contributed by atoms with Gasteiger partial charge >= 0.3 is 0 Å². The van der Waals surface area contributed by atoms with Crippen molar-refractivity contribution in [1.29, 1.82) is 0 Å². The van der Waals surface area contributed by atoms with Crippen LogP contribution in [0.4, 0.5) is 0 Å². The van der Waals surface area contributed by atoms with Crippen LogP contribution in [0.25, 0.3) is 0 Å². The van der Waals surface area contributed by atoms with Gasteiger partial charge in [-0.2, -0.15) is 0 Å². The standard InChI is InChI=1S/C13H17N3O/c1-10(11-5-3-2-4-6-11)16-13(17)12-9-14-7-8-15-12/h5,7-10H,2-4,6H2,1H3,(H,16,17). The fourth-order valence-electron chi connectivity index (χ4n) is 2.04. The van der Waals surface area contributed by atoms with Gasteiger partial charge in [-0.05, 0) is 32.6 Å². The molecule has 4 nitrogen and oxygen atoms in total. The van der Waals surface area contributed by atoms with E-state index in [4.69, 9.17) is 0 Å². The molecule has 17 heavy (non-hydrogen) atoms. The van der Waals surface area contributed by atoms with Crippen molar-refractivity contribution >= 4 is 5.91 Å². The highest BCUT2D eigenvalue weighted by Gasteiger charge is 2.15. The Labute approximate surface area is 101 Å². The molecule has 0 saturated heterocycles. The Bertz CT molecular complexity index is 414. The number of amides is 1. The Morgan fingerprint density at radius 2 is 2.29 bits per heavy atom. The average molecular weight is 231 g/mol. The lowest BCUT2D eigenvalue weighted by molar-refractivity contribution is 0.0939. The van der Waals surface area contributed by atoms with E-state index in [9.17, 15) is 4.79 Å². The van der Waals surface area contributed by atoms with Gasteiger partial charge in [0.1, 0.15) is 5.69 Å². The first-order chi connectivity index (χ1) is 8.27. The average Bonchev–Trinajstić information content (AvgIpc) is 2.40. The number of carbonyl (C=O) groups is 1. The van der Waals surface area contributed by atoms with Gasteiger partial charge in [-0.1, -0.05) is 11.6 Å². The van der Waals surface area contributed by atoms with Crippen LogP contribution in [0.2, 0.25) is 0 Å². The predicted molar refractivity (Wildman–Crippen MR) is 65.5 cm³/mol. The number of nitrogens with one attached hydrogen (secondary N) is 1. The molecular weight excluding hydrogens is 214 g/mol. The molecule has 1 unspecified atom stereocenters. The molecule has 1 atom stereocenters. The third kappa shape index (κ3) is 3.12. The number of hydrogen-bond acceptors (Lipinski definition) is 3. The predicted octanol–water partition coefficient (Wildman–Crippen LogP) is 2.10. The molecule has 0 saturated carbocycles. The van der Waals surface area contributed by atoms with E-state index < -0.39 is 0 Å². The van der Waals surface area contributed by atoms with Crippen LogP contribution >= 0.6 is 0 Å². The van der Waals surface area contributed by atoms with Crippen molar-refractivity contribution in [3.05, 3.63) is 35.9 Å². The minimum Gasteiger partial charge on any atom is -0.344 e. The molecule has 1 aliphatic carbocycles. The summed E-state index contributed by atoms with van der Waals surface area (Å²) in [5, 5.41) is 2.96. The van der Waals surface area contributed by atoms with Crippen molar-refractivity contribution < 1.29 is 4.79 Å². The summed E-state index contributed by atoms with van der Waals surface area (Å²) in [4.78, 5) is 19.7. The molecule has 0 fully saturated rings. The van der Waals surface area contributed by atoms with Crippen LogP contribution in [-0.2, 0) is 0 Å². The first kappa shape index (κ1) is 11.8. The maximum absolute atomic E-state index is 11.9. The summed E-state index contributed by atoms with van der Waals surface area (Å²) in [6.07, 6.45) is 11.5. The van der Waals surface area contributed by atoms with Gasteiger partial charge in [0, 0.05) is 18.4 Å². The van der Waals surface area contributed by atoms with E-state index in [2.05, 4.69) is 21.4 Å². The SMILES string of the molecule is CC(NC(=O)c1cnccn1)C1=CCCCC1. The molecular formula is C13H17N3O. The number of allylic oxidation sites excluding steroid dienone is 1. The van der Waals surface area contributed by atoms with E-state index in [0.717, 1.165) is 12.8 Å². The highest BCUT2D eigenvalue weighted by Crippen LogP contribution is 2.20. The van der Waals surface area contributed by atoms with E-state index in [1.165, 1.54) is 30.8 Å². The van der Waals surface area contributed by atoms with E-state index in [-0.39, 0.29) is 11.9 Å². The van der Waals surface area contributed by atoms with Crippen molar-refractivity contribution in [3.8, 4) is 0 Å². The molecule has 1 N–H and O–H groups in total. The third-order valence-corrected chi connectivity index (χ3v) is 3.03. The van der Waals surface area contributed by atoms with Gasteiger partial charge in [0.05, 0.1) is 6.20 Å². The fraction of sp³-hybridized carbons (Fsp3) is 0.462. The summed E-state index contributed by atoms with van der Waals surface area (Å²) >= 11 is 0. The molecule has 1 amide bonds. The molecule has 0 aromatic carbocycles. The number of carbonyl (C=O) groups excluding carboxylic acids is 1. The molecule has 90 valence electrons.